The van der Waals surface area contributed by atoms with Crippen LogP contribution in [0.1, 0.15) is 12.5 Å². The first-order chi connectivity index (χ1) is 9.29. The zero-order chi connectivity index (χ0) is 13.0. The third-order valence-electron chi connectivity index (χ3n) is 4.42. The Morgan fingerprint density at radius 3 is 2.95 bits per heavy atom. The average molecular weight is 277 g/mol. The second kappa shape index (κ2) is 4.02. The molecule has 0 radical (unpaired) electrons. The van der Waals surface area contributed by atoms with Gasteiger partial charge >= 0.3 is 0 Å². The largest absolute Gasteiger partial charge is 0.396 e. The molecule has 0 spiro atoms. The van der Waals surface area contributed by atoms with E-state index in [9.17, 15) is 5.11 Å². The first-order valence-electron chi connectivity index (χ1n) is 6.42. The molecule has 2 aliphatic rings. The molecular weight excluding hydrogens is 264 g/mol. The summed E-state index contributed by atoms with van der Waals surface area (Å²) in [4.78, 5) is 12.6. The summed E-state index contributed by atoms with van der Waals surface area (Å²) in [6.45, 7) is 0.189. The highest BCUT2D eigenvalue weighted by atomic mass is 35.5. The number of allylic oxidation sites excluding steroid dienone is 2. The van der Waals surface area contributed by atoms with Gasteiger partial charge in [-0.1, -0.05) is 23.8 Å². The number of hydrogen-bond donors (Lipinski definition) is 1. The molecule has 0 unspecified atom stereocenters. The van der Waals surface area contributed by atoms with Gasteiger partial charge in [-0.3, -0.25) is 0 Å². The second-order valence-corrected chi connectivity index (χ2v) is 5.63. The van der Waals surface area contributed by atoms with Gasteiger partial charge in [-0.2, -0.15) is 0 Å². The number of rotatable bonds is 2. The predicted molar refractivity (Wildman–Crippen MR) is 70.7 cm³/mol. The van der Waals surface area contributed by atoms with Gasteiger partial charge in [0, 0.05) is 18.6 Å². The summed E-state index contributed by atoms with van der Waals surface area (Å²) >= 11 is 6.04. The molecule has 98 valence electrons. The average Bonchev–Trinajstić information content (AvgIpc) is 3.11. The topological polar surface area (TPSA) is 63.8 Å². The molecule has 1 N–H and O–H groups in total. The SMILES string of the molecule is OC[C@@H]1[C@@H](n2cnc3c(Cl)ncnc32)[C@H]2C=C[C@@H]1C2. The molecule has 2 aromatic rings. The Bertz CT molecular complexity index is 668. The minimum atomic E-state index is 0.189. The van der Waals surface area contributed by atoms with Crippen molar-refractivity contribution >= 4 is 22.8 Å². The van der Waals surface area contributed by atoms with Gasteiger partial charge in [0.1, 0.15) is 11.8 Å². The lowest BCUT2D eigenvalue weighted by molar-refractivity contribution is 0.168. The van der Waals surface area contributed by atoms with Crippen LogP contribution >= 0.6 is 11.6 Å². The van der Waals surface area contributed by atoms with E-state index in [0.29, 0.717) is 22.5 Å². The molecule has 2 heterocycles. The minimum Gasteiger partial charge on any atom is -0.396 e. The highest BCUT2D eigenvalue weighted by Crippen LogP contribution is 2.50. The molecular formula is C13H13ClN4O. The van der Waals surface area contributed by atoms with Crippen LogP contribution in [0.5, 0.6) is 0 Å². The van der Waals surface area contributed by atoms with E-state index in [1.807, 2.05) is 0 Å². The minimum absolute atomic E-state index is 0.189. The Hall–Kier alpha value is -1.46. The zero-order valence-corrected chi connectivity index (χ0v) is 10.9. The quantitative estimate of drug-likeness (QED) is 0.671. The number of aliphatic hydroxyl groups is 1. The normalized spacial score (nSPS) is 32.5. The van der Waals surface area contributed by atoms with Crippen molar-refractivity contribution in [1.82, 2.24) is 19.5 Å². The van der Waals surface area contributed by atoms with Crippen LogP contribution in [0.2, 0.25) is 5.15 Å². The molecule has 1 fully saturated rings. The molecule has 6 heteroatoms. The maximum atomic E-state index is 9.66. The van der Waals surface area contributed by atoms with E-state index in [1.54, 1.807) is 6.33 Å². The van der Waals surface area contributed by atoms with Crippen molar-refractivity contribution in [1.29, 1.82) is 0 Å². The van der Waals surface area contributed by atoms with Crippen LogP contribution in [0.4, 0.5) is 0 Å². The van der Waals surface area contributed by atoms with Crippen LogP contribution < -0.4 is 0 Å². The summed E-state index contributed by atoms with van der Waals surface area (Å²) in [7, 11) is 0. The number of imidazole rings is 1. The number of hydrogen-bond acceptors (Lipinski definition) is 4. The maximum absolute atomic E-state index is 9.66. The number of fused-ring (bicyclic) bond motifs is 3. The summed E-state index contributed by atoms with van der Waals surface area (Å²) < 4.78 is 2.05. The monoisotopic (exact) mass is 276 g/mol. The lowest BCUT2D eigenvalue weighted by Crippen LogP contribution is -2.25. The van der Waals surface area contributed by atoms with Gasteiger partial charge in [-0.25, -0.2) is 15.0 Å². The third kappa shape index (κ3) is 1.48. The van der Waals surface area contributed by atoms with Gasteiger partial charge in [-0.05, 0) is 18.3 Å². The van der Waals surface area contributed by atoms with Crippen molar-refractivity contribution in [3.63, 3.8) is 0 Å². The molecule has 0 saturated heterocycles. The Kier molecular flexibility index (Phi) is 2.40. The lowest BCUT2D eigenvalue weighted by Gasteiger charge is -2.27. The summed E-state index contributed by atoms with van der Waals surface area (Å²) in [6.07, 6.45) is 8.81. The summed E-state index contributed by atoms with van der Waals surface area (Å²) in [5.74, 6) is 1.16. The first-order valence-corrected chi connectivity index (χ1v) is 6.79. The standard InChI is InChI=1S/C13H13ClN4O/c14-12-10-13(16-5-15-12)18(6-17-10)11-8-2-1-7(3-8)9(11)4-19/h1-2,5-9,11,19H,3-4H2/t7-,8+,9+,11+/m1/s1. The van der Waals surface area contributed by atoms with Gasteiger partial charge in [-0.15, -0.1) is 0 Å². The van der Waals surface area contributed by atoms with Crippen molar-refractivity contribution in [3.8, 4) is 0 Å². The fourth-order valence-electron chi connectivity index (χ4n) is 3.60. The van der Waals surface area contributed by atoms with Gasteiger partial charge in [0.2, 0.25) is 0 Å². The third-order valence-corrected chi connectivity index (χ3v) is 4.70. The van der Waals surface area contributed by atoms with E-state index in [1.165, 1.54) is 6.33 Å². The van der Waals surface area contributed by atoms with Gasteiger partial charge in [0.05, 0.1) is 6.33 Å². The Balaban J connectivity index is 1.87. The van der Waals surface area contributed by atoms with Crippen LogP contribution in [-0.2, 0) is 0 Å². The Labute approximate surface area is 115 Å². The highest BCUT2D eigenvalue weighted by Gasteiger charge is 2.45. The molecule has 19 heavy (non-hydrogen) atoms. The van der Waals surface area contributed by atoms with E-state index in [0.717, 1.165) is 12.1 Å². The Morgan fingerprint density at radius 1 is 1.26 bits per heavy atom. The van der Waals surface area contributed by atoms with E-state index < -0.39 is 0 Å². The van der Waals surface area contributed by atoms with Crippen LogP contribution in [0, 0.1) is 17.8 Å². The Morgan fingerprint density at radius 2 is 2.11 bits per heavy atom. The molecule has 1 saturated carbocycles. The van der Waals surface area contributed by atoms with Crippen molar-refractivity contribution in [2.45, 2.75) is 12.5 Å². The van der Waals surface area contributed by atoms with Crippen molar-refractivity contribution in [2.24, 2.45) is 17.8 Å². The number of aliphatic hydroxyl groups excluding tert-OH is 1. The summed E-state index contributed by atoms with van der Waals surface area (Å²) in [6, 6.07) is 0.218. The number of aromatic nitrogens is 4. The van der Waals surface area contributed by atoms with Gasteiger partial charge < -0.3 is 9.67 Å². The van der Waals surface area contributed by atoms with E-state index in [2.05, 4.69) is 31.7 Å². The first kappa shape index (κ1) is 11.4. The fourth-order valence-corrected chi connectivity index (χ4v) is 3.77. The van der Waals surface area contributed by atoms with Crippen LogP contribution in [-0.4, -0.2) is 31.2 Å². The summed E-state index contributed by atoms with van der Waals surface area (Å²) in [5.41, 5.74) is 1.39. The predicted octanol–water partition coefficient (Wildman–Crippen LogP) is 1.84. The molecule has 2 bridgehead atoms. The van der Waals surface area contributed by atoms with E-state index in [-0.39, 0.29) is 18.6 Å². The van der Waals surface area contributed by atoms with Crippen molar-refractivity contribution in [2.75, 3.05) is 6.61 Å². The molecule has 0 aliphatic heterocycles. The van der Waals surface area contributed by atoms with Gasteiger partial charge in [0.25, 0.3) is 0 Å². The number of nitrogens with zero attached hydrogens (tertiary/aromatic N) is 4. The van der Waals surface area contributed by atoms with Crippen molar-refractivity contribution < 1.29 is 5.11 Å². The summed E-state index contributed by atoms with van der Waals surface area (Å²) in [5, 5.41) is 10.0. The zero-order valence-electron chi connectivity index (χ0n) is 10.1. The smallest absolute Gasteiger partial charge is 0.165 e. The highest BCUT2D eigenvalue weighted by molar-refractivity contribution is 6.33. The van der Waals surface area contributed by atoms with Gasteiger partial charge in [0.15, 0.2) is 10.8 Å². The van der Waals surface area contributed by atoms with Crippen LogP contribution in [0.15, 0.2) is 24.8 Å². The number of halogens is 1. The van der Waals surface area contributed by atoms with E-state index in [4.69, 9.17) is 11.6 Å². The fraction of sp³-hybridized carbons (Fsp3) is 0.462. The molecule has 5 nitrogen and oxygen atoms in total. The molecule has 4 atom stereocenters. The molecule has 2 aromatic heterocycles. The lowest BCUT2D eigenvalue weighted by atomic mass is 9.89. The molecule has 0 amide bonds. The van der Waals surface area contributed by atoms with E-state index >= 15 is 0 Å². The molecule has 4 rings (SSSR count). The van der Waals surface area contributed by atoms with Crippen LogP contribution in [0.3, 0.4) is 0 Å². The van der Waals surface area contributed by atoms with Crippen molar-refractivity contribution in [3.05, 3.63) is 30.0 Å². The van der Waals surface area contributed by atoms with Crippen LogP contribution in [0.25, 0.3) is 11.2 Å². The second-order valence-electron chi connectivity index (χ2n) is 5.27. The molecule has 0 aromatic carbocycles. The maximum Gasteiger partial charge on any atom is 0.165 e. The molecule has 2 aliphatic carbocycles.